The van der Waals surface area contributed by atoms with Gasteiger partial charge in [0, 0.05) is 6.54 Å². The lowest BCUT2D eigenvalue weighted by molar-refractivity contribution is -0.0142. The lowest BCUT2D eigenvalue weighted by Crippen LogP contribution is -2.30. The Morgan fingerprint density at radius 1 is 1.09 bits per heavy atom. The van der Waals surface area contributed by atoms with Crippen LogP contribution in [0.25, 0.3) is 0 Å². The van der Waals surface area contributed by atoms with Gasteiger partial charge in [-0.2, -0.15) is 5.26 Å². The maximum Gasteiger partial charge on any atom is 0.123 e. The van der Waals surface area contributed by atoms with E-state index >= 15 is 0 Å². The number of halogens is 1. The topological polar surface area (TPSA) is 45.5 Å². The second-order valence-electron chi connectivity index (χ2n) is 8.61. The number of rotatable bonds is 9. The van der Waals surface area contributed by atoms with Gasteiger partial charge >= 0.3 is 0 Å². The van der Waals surface area contributed by atoms with Crippen molar-refractivity contribution in [3.05, 3.63) is 100 Å². The molecule has 0 N–H and O–H groups in total. The number of ether oxygens (including phenoxy) is 2. The van der Waals surface area contributed by atoms with E-state index in [2.05, 4.69) is 30.1 Å². The summed E-state index contributed by atoms with van der Waals surface area (Å²) in [5.41, 5.74) is 4.32. The molecule has 0 radical (unpaired) electrons. The molecule has 5 heteroatoms. The Hall–Kier alpha value is -3.20. The number of hydrogen-bond donors (Lipinski definition) is 0. The molecule has 1 aliphatic heterocycles. The van der Waals surface area contributed by atoms with E-state index in [1.165, 1.54) is 17.7 Å². The zero-order chi connectivity index (χ0) is 23.3. The van der Waals surface area contributed by atoms with Crippen LogP contribution in [-0.2, 0) is 23.4 Å². The quantitative estimate of drug-likeness (QED) is 0.441. The van der Waals surface area contributed by atoms with E-state index in [0.29, 0.717) is 12.2 Å². The minimum atomic E-state index is -0.620. The first-order chi connectivity index (χ1) is 16.0. The summed E-state index contributed by atoms with van der Waals surface area (Å²) in [4.78, 5) is 2.33. The van der Waals surface area contributed by atoms with Crippen molar-refractivity contribution in [2.24, 2.45) is 0 Å². The highest BCUT2D eigenvalue weighted by Gasteiger charge is 2.41. The molecular formula is C28H29FN2O2. The van der Waals surface area contributed by atoms with E-state index in [1.807, 2.05) is 42.5 Å². The van der Waals surface area contributed by atoms with Crippen molar-refractivity contribution in [3.8, 4) is 11.8 Å². The maximum absolute atomic E-state index is 13.6. The number of nitrogens with zero attached hydrogens (tertiary/aromatic N) is 2. The van der Waals surface area contributed by atoms with Crippen molar-refractivity contribution in [2.45, 2.75) is 31.5 Å². The van der Waals surface area contributed by atoms with Gasteiger partial charge in [0.05, 0.1) is 25.3 Å². The van der Waals surface area contributed by atoms with Crippen LogP contribution in [0.3, 0.4) is 0 Å². The molecule has 0 fully saturated rings. The summed E-state index contributed by atoms with van der Waals surface area (Å²) in [6.45, 7) is 2.31. The van der Waals surface area contributed by atoms with Gasteiger partial charge < -0.3 is 14.4 Å². The minimum Gasteiger partial charge on any atom is -0.497 e. The fourth-order valence-electron chi connectivity index (χ4n) is 4.62. The lowest BCUT2D eigenvalue weighted by Gasteiger charge is -2.31. The SMILES string of the molecule is COc1cccc(CCN(C)CCCC2(c3ccc(F)cc3)OCc3cc(C#N)ccc32)c1. The Bertz CT molecular complexity index is 1140. The smallest absolute Gasteiger partial charge is 0.123 e. The monoisotopic (exact) mass is 444 g/mol. The van der Waals surface area contributed by atoms with E-state index in [9.17, 15) is 9.65 Å². The molecule has 1 aliphatic rings. The molecule has 0 aliphatic carbocycles. The summed E-state index contributed by atoms with van der Waals surface area (Å²) >= 11 is 0. The third-order valence-corrected chi connectivity index (χ3v) is 6.44. The standard InChI is InChI=1S/C28H29FN2O2/c1-31(16-13-21-5-3-6-26(18-21)32-2)15-4-14-28(24-8-10-25(29)11-9-24)27-12-7-22(19-30)17-23(27)20-33-28/h3,5-12,17-18H,4,13-16,20H2,1-2H3. The molecule has 3 aromatic rings. The first kappa shape index (κ1) is 23.0. The van der Waals surface area contributed by atoms with Gasteiger partial charge in [-0.3, -0.25) is 0 Å². The third kappa shape index (κ3) is 5.08. The van der Waals surface area contributed by atoms with Gasteiger partial charge in [-0.25, -0.2) is 4.39 Å². The Morgan fingerprint density at radius 3 is 2.67 bits per heavy atom. The van der Waals surface area contributed by atoms with Crippen LogP contribution in [0.5, 0.6) is 5.75 Å². The molecule has 0 saturated heterocycles. The number of fused-ring (bicyclic) bond motifs is 1. The van der Waals surface area contributed by atoms with Crippen LogP contribution in [0.2, 0.25) is 0 Å². The van der Waals surface area contributed by atoms with Crippen LogP contribution in [0, 0.1) is 17.1 Å². The summed E-state index contributed by atoms with van der Waals surface area (Å²) < 4.78 is 25.4. The summed E-state index contributed by atoms with van der Waals surface area (Å²) in [6, 6.07) is 22.7. The van der Waals surface area contributed by atoms with E-state index < -0.39 is 5.60 Å². The third-order valence-electron chi connectivity index (χ3n) is 6.44. The molecule has 4 rings (SSSR count). The average Bonchev–Trinajstić information content (AvgIpc) is 3.22. The highest BCUT2D eigenvalue weighted by Crippen LogP contribution is 2.45. The van der Waals surface area contributed by atoms with Crippen LogP contribution < -0.4 is 4.74 Å². The minimum absolute atomic E-state index is 0.260. The molecule has 1 unspecified atom stereocenters. The van der Waals surface area contributed by atoms with Gasteiger partial charge in [0.2, 0.25) is 0 Å². The van der Waals surface area contributed by atoms with Crippen molar-refractivity contribution in [3.63, 3.8) is 0 Å². The van der Waals surface area contributed by atoms with E-state index in [-0.39, 0.29) is 5.82 Å². The first-order valence-electron chi connectivity index (χ1n) is 11.3. The molecule has 170 valence electrons. The first-order valence-corrected chi connectivity index (χ1v) is 11.3. The molecule has 0 amide bonds. The molecule has 0 aromatic heterocycles. The molecular weight excluding hydrogens is 415 g/mol. The van der Waals surface area contributed by atoms with Gasteiger partial charge in [0.25, 0.3) is 0 Å². The van der Waals surface area contributed by atoms with Crippen molar-refractivity contribution in [2.75, 3.05) is 27.2 Å². The van der Waals surface area contributed by atoms with Gasteiger partial charge in [-0.15, -0.1) is 0 Å². The van der Waals surface area contributed by atoms with Crippen LogP contribution in [0.15, 0.2) is 66.7 Å². The molecule has 4 nitrogen and oxygen atoms in total. The molecule has 1 heterocycles. The zero-order valence-electron chi connectivity index (χ0n) is 19.2. The summed E-state index contributed by atoms with van der Waals surface area (Å²) in [7, 11) is 3.82. The number of likely N-dealkylation sites (N-methyl/N-ethyl adjacent to an activating group) is 1. The van der Waals surface area contributed by atoms with Crippen molar-refractivity contribution in [1.29, 1.82) is 5.26 Å². The molecule has 33 heavy (non-hydrogen) atoms. The van der Waals surface area contributed by atoms with Crippen LogP contribution >= 0.6 is 0 Å². The second kappa shape index (κ2) is 10.2. The predicted octanol–water partition coefficient (Wildman–Crippen LogP) is 5.43. The lowest BCUT2D eigenvalue weighted by atomic mass is 9.81. The van der Waals surface area contributed by atoms with Crippen LogP contribution in [-0.4, -0.2) is 32.1 Å². The van der Waals surface area contributed by atoms with Crippen LogP contribution in [0.1, 0.15) is 40.7 Å². The Kier molecular flexibility index (Phi) is 7.08. The Balaban J connectivity index is 1.45. The van der Waals surface area contributed by atoms with Crippen LogP contribution in [0.4, 0.5) is 4.39 Å². The van der Waals surface area contributed by atoms with E-state index in [0.717, 1.165) is 54.8 Å². The molecule has 3 aromatic carbocycles. The number of methoxy groups -OCH3 is 1. The van der Waals surface area contributed by atoms with E-state index in [4.69, 9.17) is 9.47 Å². The highest BCUT2D eigenvalue weighted by atomic mass is 19.1. The predicted molar refractivity (Wildman–Crippen MR) is 127 cm³/mol. The van der Waals surface area contributed by atoms with Crippen molar-refractivity contribution < 1.29 is 13.9 Å². The van der Waals surface area contributed by atoms with Crippen molar-refractivity contribution >= 4 is 0 Å². The van der Waals surface area contributed by atoms with E-state index in [1.54, 1.807) is 7.11 Å². The fraction of sp³-hybridized carbons (Fsp3) is 0.321. The van der Waals surface area contributed by atoms with Gasteiger partial charge in [-0.1, -0.05) is 30.3 Å². The number of benzene rings is 3. The molecule has 0 spiro atoms. The Morgan fingerprint density at radius 2 is 1.91 bits per heavy atom. The number of nitriles is 1. The molecule has 0 saturated carbocycles. The second-order valence-corrected chi connectivity index (χ2v) is 8.61. The molecule has 0 bridgehead atoms. The zero-order valence-corrected chi connectivity index (χ0v) is 19.2. The van der Waals surface area contributed by atoms with Gasteiger partial charge in [-0.05, 0) is 91.5 Å². The maximum atomic E-state index is 13.6. The summed E-state index contributed by atoms with van der Waals surface area (Å²) in [5, 5.41) is 9.27. The largest absolute Gasteiger partial charge is 0.497 e. The summed E-state index contributed by atoms with van der Waals surface area (Å²) in [5.74, 6) is 0.622. The fourth-order valence-corrected chi connectivity index (χ4v) is 4.62. The van der Waals surface area contributed by atoms with Gasteiger partial charge in [0.15, 0.2) is 0 Å². The number of hydrogen-bond acceptors (Lipinski definition) is 4. The van der Waals surface area contributed by atoms with Gasteiger partial charge in [0.1, 0.15) is 17.2 Å². The van der Waals surface area contributed by atoms with Crippen molar-refractivity contribution in [1.82, 2.24) is 4.90 Å². The average molecular weight is 445 g/mol. The Labute approximate surface area is 195 Å². The highest BCUT2D eigenvalue weighted by molar-refractivity contribution is 5.48. The summed E-state index contributed by atoms with van der Waals surface area (Å²) in [6.07, 6.45) is 2.65. The molecule has 1 atom stereocenters. The normalized spacial score (nSPS) is 17.1.